The van der Waals surface area contributed by atoms with Crippen molar-refractivity contribution in [2.75, 3.05) is 6.54 Å². The van der Waals surface area contributed by atoms with Gasteiger partial charge in [-0.15, -0.1) is 0 Å². The number of alkyl halides is 6. The third-order valence-corrected chi connectivity index (χ3v) is 6.03. The van der Waals surface area contributed by atoms with Crippen molar-refractivity contribution in [3.8, 4) is 6.19 Å². The van der Waals surface area contributed by atoms with Crippen LogP contribution in [0.15, 0.2) is 23.1 Å². The molecule has 0 spiro atoms. The summed E-state index contributed by atoms with van der Waals surface area (Å²) in [5.74, 6) is -0.0338. The minimum Gasteiger partial charge on any atom is -0.306 e. The van der Waals surface area contributed by atoms with Crippen LogP contribution < -0.4 is 4.72 Å². The minimum atomic E-state index is -5.16. The van der Waals surface area contributed by atoms with Crippen LogP contribution in [-0.4, -0.2) is 31.9 Å². The topological polar surface area (TPSA) is 73.2 Å². The summed E-state index contributed by atoms with van der Waals surface area (Å²) in [6, 6.07) is -0.982. The van der Waals surface area contributed by atoms with E-state index in [4.69, 9.17) is 5.26 Å². The highest BCUT2D eigenvalue weighted by molar-refractivity contribution is 7.89. The summed E-state index contributed by atoms with van der Waals surface area (Å²) in [5.41, 5.74) is -3.20. The highest BCUT2D eigenvalue weighted by Crippen LogP contribution is 2.38. The molecular formula is C16H17F6N3O2S. The zero-order valence-electron chi connectivity index (χ0n) is 14.8. The number of likely N-dealkylation sites (tertiary alicyclic amines) is 1. The molecule has 1 heterocycles. The third-order valence-electron chi connectivity index (χ3n) is 4.47. The first-order valence-corrected chi connectivity index (χ1v) is 9.62. The van der Waals surface area contributed by atoms with E-state index in [0.717, 1.165) is 0 Å². The Morgan fingerprint density at radius 1 is 1.18 bits per heavy atom. The predicted octanol–water partition coefficient (Wildman–Crippen LogP) is 3.58. The summed E-state index contributed by atoms with van der Waals surface area (Å²) in [7, 11) is -4.93. The van der Waals surface area contributed by atoms with Crippen molar-refractivity contribution in [2.45, 2.75) is 49.6 Å². The van der Waals surface area contributed by atoms with Gasteiger partial charge >= 0.3 is 12.4 Å². The van der Waals surface area contributed by atoms with E-state index < -0.39 is 44.4 Å². The fourth-order valence-corrected chi connectivity index (χ4v) is 4.63. The molecule has 1 aliphatic heterocycles. The van der Waals surface area contributed by atoms with Crippen LogP contribution in [0.1, 0.15) is 31.4 Å². The first-order valence-electron chi connectivity index (χ1n) is 8.14. The van der Waals surface area contributed by atoms with Gasteiger partial charge in [-0.2, -0.15) is 31.6 Å². The molecule has 1 saturated heterocycles. The standard InChI is InChI=1S/C16H17F6N3O2S/c1-9(2)13-6-11(7-25(13)8-23)24-28(26,27)14-5-10(15(17,18)19)3-4-12(14)16(20,21)22/h3-5,9,11,13,24H,6-7H2,1-2H3/t11-,13-/m1/s1. The van der Waals surface area contributed by atoms with Crippen molar-refractivity contribution in [1.29, 1.82) is 5.26 Å². The summed E-state index contributed by atoms with van der Waals surface area (Å²) in [6.07, 6.45) is -8.15. The van der Waals surface area contributed by atoms with Crippen molar-refractivity contribution in [1.82, 2.24) is 9.62 Å². The van der Waals surface area contributed by atoms with Gasteiger partial charge in [0.15, 0.2) is 6.19 Å². The summed E-state index contributed by atoms with van der Waals surface area (Å²) < 4.78 is 105. The molecule has 1 fully saturated rings. The maximum atomic E-state index is 13.2. The molecule has 0 saturated carbocycles. The zero-order chi connectivity index (χ0) is 21.5. The smallest absolute Gasteiger partial charge is 0.306 e. The maximum absolute atomic E-state index is 13.2. The van der Waals surface area contributed by atoms with E-state index in [0.29, 0.717) is 0 Å². The maximum Gasteiger partial charge on any atom is 0.417 e. The number of rotatable bonds is 4. The molecule has 1 aromatic carbocycles. The molecule has 28 heavy (non-hydrogen) atoms. The molecule has 1 aromatic rings. The van der Waals surface area contributed by atoms with E-state index in [9.17, 15) is 34.8 Å². The predicted molar refractivity (Wildman–Crippen MR) is 86.1 cm³/mol. The Labute approximate surface area is 158 Å². The monoisotopic (exact) mass is 429 g/mol. The van der Waals surface area contributed by atoms with Crippen molar-refractivity contribution in [3.63, 3.8) is 0 Å². The first kappa shape index (κ1) is 22.3. The van der Waals surface area contributed by atoms with Gasteiger partial charge in [-0.25, -0.2) is 13.1 Å². The molecule has 0 unspecified atom stereocenters. The zero-order valence-corrected chi connectivity index (χ0v) is 15.6. The molecule has 1 N–H and O–H groups in total. The van der Waals surface area contributed by atoms with Crippen LogP contribution in [0, 0.1) is 17.4 Å². The lowest BCUT2D eigenvalue weighted by Gasteiger charge is -2.21. The lowest BCUT2D eigenvalue weighted by molar-refractivity contribution is -0.143. The van der Waals surface area contributed by atoms with Crippen LogP contribution in [0.2, 0.25) is 0 Å². The van der Waals surface area contributed by atoms with Gasteiger partial charge in [0.05, 0.1) is 16.0 Å². The lowest BCUT2D eigenvalue weighted by Crippen LogP contribution is -2.37. The van der Waals surface area contributed by atoms with E-state index in [-0.39, 0.29) is 43.1 Å². The fraction of sp³-hybridized carbons (Fsp3) is 0.562. The number of benzene rings is 1. The molecule has 0 radical (unpaired) electrons. The number of sulfonamides is 1. The van der Waals surface area contributed by atoms with Gasteiger partial charge in [0.1, 0.15) is 0 Å². The van der Waals surface area contributed by atoms with E-state index in [2.05, 4.69) is 0 Å². The van der Waals surface area contributed by atoms with Crippen molar-refractivity contribution < 1.29 is 34.8 Å². The van der Waals surface area contributed by atoms with Gasteiger partial charge in [-0.3, -0.25) is 0 Å². The van der Waals surface area contributed by atoms with Gasteiger partial charge in [0.2, 0.25) is 10.0 Å². The number of hydrogen-bond acceptors (Lipinski definition) is 4. The second-order valence-electron chi connectivity index (χ2n) is 6.82. The highest BCUT2D eigenvalue weighted by Gasteiger charge is 2.42. The van der Waals surface area contributed by atoms with E-state index in [1.54, 1.807) is 13.8 Å². The summed E-state index contributed by atoms with van der Waals surface area (Å²) in [6.45, 7) is 3.50. The Hall–Kier alpha value is -2.00. The number of nitrogens with zero attached hydrogens (tertiary/aromatic N) is 2. The molecule has 0 amide bonds. The number of nitriles is 1. The van der Waals surface area contributed by atoms with E-state index >= 15 is 0 Å². The Balaban J connectivity index is 2.43. The van der Waals surface area contributed by atoms with Crippen LogP contribution in [-0.2, 0) is 22.4 Å². The molecule has 0 aromatic heterocycles. The summed E-state index contributed by atoms with van der Waals surface area (Å²) in [5, 5.41) is 9.12. The number of hydrogen-bond donors (Lipinski definition) is 1. The van der Waals surface area contributed by atoms with Gasteiger partial charge < -0.3 is 4.90 Å². The fourth-order valence-electron chi connectivity index (χ4n) is 3.14. The molecule has 0 bridgehead atoms. The second kappa shape index (κ2) is 7.44. The summed E-state index contributed by atoms with van der Waals surface area (Å²) >= 11 is 0. The quantitative estimate of drug-likeness (QED) is 0.587. The molecule has 12 heteroatoms. The molecule has 2 rings (SSSR count). The number of halogens is 6. The largest absolute Gasteiger partial charge is 0.417 e. The third kappa shape index (κ3) is 4.70. The first-order chi connectivity index (χ1) is 12.7. The van der Waals surface area contributed by atoms with Crippen molar-refractivity contribution in [3.05, 3.63) is 29.3 Å². The molecule has 0 aliphatic carbocycles. The van der Waals surface area contributed by atoms with Gasteiger partial charge in [0.25, 0.3) is 0 Å². The van der Waals surface area contributed by atoms with Gasteiger partial charge in [-0.05, 0) is 30.5 Å². The molecule has 2 atom stereocenters. The molecule has 1 aliphatic rings. The Bertz CT molecular complexity index is 874. The SMILES string of the molecule is CC(C)[C@H]1C[C@@H](NS(=O)(=O)c2cc(C(F)(F)F)ccc2C(F)(F)F)CN1C#N. The Kier molecular flexibility index (Phi) is 5.92. The number of nitrogens with one attached hydrogen (secondary N) is 1. The van der Waals surface area contributed by atoms with Crippen LogP contribution in [0.5, 0.6) is 0 Å². The Morgan fingerprint density at radius 2 is 1.79 bits per heavy atom. The molecule has 156 valence electrons. The van der Waals surface area contributed by atoms with Crippen molar-refractivity contribution in [2.24, 2.45) is 5.92 Å². The van der Waals surface area contributed by atoms with E-state index in [1.165, 1.54) is 4.90 Å². The van der Waals surface area contributed by atoms with Crippen LogP contribution >= 0.6 is 0 Å². The highest BCUT2D eigenvalue weighted by atomic mass is 32.2. The van der Waals surface area contributed by atoms with Gasteiger partial charge in [0, 0.05) is 18.6 Å². The van der Waals surface area contributed by atoms with Gasteiger partial charge in [-0.1, -0.05) is 13.8 Å². The lowest BCUT2D eigenvalue weighted by atomic mass is 10.0. The minimum absolute atomic E-state index is 0.0257. The van der Waals surface area contributed by atoms with E-state index in [1.807, 2.05) is 10.9 Å². The molecular weight excluding hydrogens is 412 g/mol. The van der Waals surface area contributed by atoms with Crippen LogP contribution in [0.3, 0.4) is 0 Å². The second-order valence-corrected chi connectivity index (χ2v) is 8.51. The van der Waals surface area contributed by atoms with Crippen LogP contribution in [0.25, 0.3) is 0 Å². The average molecular weight is 429 g/mol. The molecule has 5 nitrogen and oxygen atoms in total. The summed E-state index contributed by atoms with van der Waals surface area (Å²) in [4.78, 5) is -0.194. The van der Waals surface area contributed by atoms with Crippen LogP contribution in [0.4, 0.5) is 26.3 Å². The average Bonchev–Trinajstić information content (AvgIpc) is 2.95. The normalized spacial score (nSPS) is 21.2. The van der Waals surface area contributed by atoms with Crippen molar-refractivity contribution >= 4 is 10.0 Å². The Morgan fingerprint density at radius 3 is 2.21 bits per heavy atom.